The quantitative estimate of drug-likeness (QED) is 0.515. The van der Waals surface area contributed by atoms with Crippen molar-refractivity contribution in [1.29, 1.82) is 0 Å². The highest BCUT2D eigenvalue weighted by Gasteiger charge is 2.16. The van der Waals surface area contributed by atoms with E-state index in [1.807, 2.05) is 54.4 Å². The normalized spacial score (nSPS) is 11.2. The number of nitrogens with one attached hydrogen (secondary N) is 2. The Hall–Kier alpha value is -2.65. The predicted molar refractivity (Wildman–Crippen MR) is 105 cm³/mol. The van der Waals surface area contributed by atoms with E-state index in [2.05, 4.69) is 25.5 Å². The first-order valence-corrected chi connectivity index (χ1v) is 9.79. The number of thioether (sulfide) groups is 1. The maximum Gasteiger partial charge on any atom is 0.236 e. The van der Waals surface area contributed by atoms with E-state index in [9.17, 15) is 4.79 Å². The molecular formula is C17H16N6OS2. The van der Waals surface area contributed by atoms with Gasteiger partial charge < -0.3 is 14.9 Å². The number of hydrogen-bond donors (Lipinski definition) is 2. The van der Waals surface area contributed by atoms with Crippen LogP contribution in [0.1, 0.15) is 5.69 Å². The number of aromatic nitrogens is 5. The molecule has 0 fully saturated rings. The van der Waals surface area contributed by atoms with Crippen LogP contribution in [-0.4, -0.2) is 36.4 Å². The summed E-state index contributed by atoms with van der Waals surface area (Å²) in [5.74, 6) is 0.903. The summed E-state index contributed by atoms with van der Waals surface area (Å²) in [6, 6.07) is 8.06. The largest absolute Gasteiger partial charge is 0.360 e. The van der Waals surface area contributed by atoms with Gasteiger partial charge in [0.05, 0.1) is 11.4 Å². The van der Waals surface area contributed by atoms with Crippen LogP contribution in [0.25, 0.3) is 22.3 Å². The summed E-state index contributed by atoms with van der Waals surface area (Å²) in [5.41, 5.74) is 2.94. The van der Waals surface area contributed by atoms with Gasteiger partial charge in [-0.1, -0.05) is 30.0 Å². The van der Waals surface area contributed by atoms with Crippen molar-refractivity contribution in [2.45, 2.75) is 12.1 Å². The number of fused-ring (bicyclic) bond motifs is 1. The van der Waals surface area contributed by atoms with E-state index in [0.717, 1.165) is 28.0 Å². The third kappa shape index (κ3) is 3.23. The molecule has 0 spiro atoms. The number of hydrogen-bond acceptors (Lipinski definition) is 6. The Bertz CT molecular complexity index is 1080. The van der Waals surface area contributed by atoms with E-state index in [0.29, 0.717) is 10.3 Å². The zero-order valence-electron chi connectivity index (χ0n) is 14.2. The lowest BCUT2D eigenvalue weighted by Crippen LogP contribution is -2.14. The van der Waals surface area contributed by atoms with Gasteiger partial charge in [-0.2, -0.15) is 0 Å². The van der Waals surface area contributed by atoms with Crippen LogP contribution in [0.4, 0.5) is 5.13 Å². The average molecular weight is 384 g/mol. The van der Waals surface area contributed by atoms with Crippen molar-refractivity contribution in [3.8, 4) is 11.4 Å². The maximum absolute atomic E-state index is 12.1. The second-order valence-corrected chi connectivity index (χ2v) is 7.54. The number of carbonyl (C=O) groups excluding carboxylic acids is 1. The Labute approximate surface area is 157 Å². The van der Waals surface area contributed by atoms with E-state index in [4.69, 9.17) is 0 Å². The van der Waals surface area contributed by atoms with Crippen LogP contribution in [-0.2, 0) is 11.8 Å². The molecule has 3 heterocycles. The van der Waals surface area contributed by atoms with Crippen LogP contribution in [0.5, 0.6) is 0 Å². The van der Waals surface area contributed by atoms with E-state index >= 15 is 0 Å². The summed E-state index contributed by atoms with van der Waals surface area (Å²) < 4.78 is 1.90. The van der Waals surface area contributed by atoms with Gasteiger partial charge in [-0.25, -0.2) is 4.98 Å². The molecule has 2 N–H and O–H groups in total. The molecule has 1 aromatic carbocycles. The lowest BCUT2D eigenvalue weighted by molar-refractivity contribution is -0.113. The van der Waals surface area contributed by atoms with Gasteiger partial charge in [0, 0.05) is 35.1 Å². The fourth-order valence-corrected chi connectivity index (χ4v) is 4.04. The van der Waals surface area contributed by atoms with Gasteiger partial charge in [-0.05, 0) is 13.0 Å². The molecular weight excluding hydrogens is 368 g/mol. The summed E-state index contributed by atoms with van der Waals surface area (Å²) in [5, 5.41) is 15.6. The molecule has 0 aliphatic heterocycles. The number of thiazole rings is 1. The van der Waals surface area contributed by atoms with E-state index < -0.39 is 0 Å². The van der Waals surface area contributed by atoms with Crippen molar-refractivity contribution < 1.29 is 4.79 Å². The number of rotatable bonds is 5. The van der Waals surface area contributed by atoms with Gasteiger partial charge in [-0.3, -0.25) is 4.79 Å². The summed E-state index contributed by atoms with van der Waals surface area (Å²) in [7, 11) is 1.90. The number of amides is 1. The van der Waals surface area contributed by atoms with Crippen molar-refractivity contribution in [2.24, 2.45) is 7.05 Å². The molecule has 0 saturated carbocycles. The van der Waals surface area contributed by atoms with Crippen LogP contribution in [0.15, 0.2) is 41.0 Å². The molecule has 0 aliphatic carbocycles. The first-order chi connectivity index (χ1) is 12.6. The Morgan fingerprint density at radius 3 is 3.00 bits per heavy atom. The zero-order chi connectivity index (χ0) is 18.1. The molecule has 0 radical (unpaired) electrons. The minimum atomic E-state index is -0.110. The van der Waals surface area contributed by atoms with E-state index in [1.165, 1.54) is 23.1 Å². The molecule has 3 aromatic heterocycles. The fourth-order valence-electron chi connectivity index (χ4n) is 2.63. The van der Waals surface area contributed by atoms with Crippen LogP contribution < -0.4 is 5.32 Å². The minimum Gasteiger partial charge on any atom is -0.360 e. The number of H-pyrrole nitrogens is 1. The third-order valence-electron chi connectivity index (χ3n) is 3.86. The first kappa shape index (κ1) is 16.8. The number of para-hydroxylation sites is 1. The molecule has 0 unspecified atom stereocenters. The second-order valence-electron chi connectivity index (χ2n) is 5.74. The maximum atomic E-state index is 12.1. The lowest BCUT2D eigenvalue weighted by atomic mass is 10.1. The molecule has 9 heteroatoms. The monoisotopic (exact) mass is 384 g/mol. The summed E-state index contributed by atoms with van der Waals surface area (Å²) in [6.45, 7) is 1.90. The number of benzene rings is 1. The van der Waals surface area contributed by atoms with Crippen molar-refractivity contribution in [3.63, 3.8) is 0 Å². The summed E-state index contributed by atoms with van der Waals surface area (Å²) in [4.78, 5) is 19.6. The Morgan fingerprint density at radius 2 is 2.19 bits per heavy atom. The summed E-state index contributed by atoms with van der Waals surface area (Å²) >= 11 is 2.77. The summed E-state index contributed by atoms with van der Waals surface area (Å²) in [6.07, 6.45) is 1.93. The smallest absolute Gasteiger partial charge is 0.236 e. The van der Waals surface area contributed by atoms with Crippen LogP contribution in [0.3, 0.4) is 0 Å². The third-order valence-corrected chi connectivity index (χ3v) is 5.76. The van der Waals surface area contributed by atoms with Crippen molar-refractivity contribution in [2.75, 3.05) is 11.1 Å². The number of aryl methyl sites for hydroxylation is 1. The van der Waals surface area contributed by atoms with E-state index in [1.54, 1.807) is 0 Å². The Kier molecular flexibility index (Phi) is 4.48. The SMILES string of the molecule is Cc1csc(NC(=O)CSc2nnc(-c3c[nH]c4ccccc34)n2C)n1. The van der Waals surface area contributed by atoms with Gasteiger partial charge in [0.2, 0.25) is 5.91 Å². The molecule has 4 aromatic rings. The fraction of sp³-hybridized carbons (Fsp3) is 0.176. The van der Waals surface area contributed by atoms with Gasteiger partial charge in [-0.15, -0.1) is 21.5 Å². The van der Waals surface area contributed by atoms with Crippen LogP contribution in [0.2, 0.25) is 0 Å². The highest BCUT2D eigenvalue weighted by atomic mass is 32.2. The second kappa shape index (κ2) is 6.93. The predicted octanol–water partition coefficient (Wildman–Crippen LogP) is 3.46. The molecule has 0 aliphatic rings. The molecule has 0 saturated heterocycles. The average Bonchev–Trinajstić information content (AvgIpc) is 3.32. The Balaban J connectivity index is 1.48. The van der Waals surface area contributed by atoms with Gasteiger partial charge in [0.1, 0.15) is 0 Å². The minimum absolute atomic E-state index is 0.110. The van der Waals surface area contributed by atoms with Crippen molar-refractivity contribution in [1.82, 2.24) is 24.7 Å². The van der Waals surface area contributed by atoms with Gasteiger partial charge >= 0.3 is 0 Å². The standard InChI is InChI=1S/C17H16N6OS2/c1-10-8-25-16(19-10)20-14(24)9-26-17-22-21-15(23(17)2)12-7-18-13-6-4-3-5-11(12)13/h3-8,18H,9H2,1-2H3,(H,19,20,24). The molecule has 1 amide bonds. The first-order valence-electron chi connectivity index (χ1n) is 7.92. The van der Waals surface area contributed by atoms with Gasteiger partial charge in [0.15, 0.2) is 16.1 Å². The number of anilines is 1. The molecule has 26 heavy (non-hydrogen) atoms. The molecule has 4 rings (SSSR count). The molecule has 132 valence electrons. The van der Waals surface area contributed by atoms with Crippen molar-refractivity contribution in [3.05, 3.63) is 41.5 Å². The number of aromatic amines is 1. The highest BCUT2D eigenvalue weighted by Crippen LogP contribution is 2.29. The van der Waals surface area contributed by atoms with Crippen LogP contribution >= 0.6 is 23.1 Å². The topological polar surface area (TPSA) is 88.5 Å². The number of nitrogens with zero attached hydrogens (tertiary/aromatic N) is 4. The zero-order valence-corrected chi connectivity index (χ0v) is 15.8. The van der Waals surface area contributed by atoms with Crippen LogP contribution in [0, 0.1) is 6.92 Å². The lowest BCUT2D eigenvalue weighted by Gasteiger charge is -2.03. The van der Waals surface area contributed by atoms with E-state index in [-0.39, 0.29) is 11.7 Å². The van der Waals surface area contributed by atoms with Gasteiger partial charge in [0.25, 0.3) is 0 Å². The van der Waals surface area contributed by atoms with Crippen molar-refractivity contribution >= 4 is 45.0 Å². The molecule has 0 atom stereocenters. The Morgan fingerprint density at radius 1 is 1.35 bits per heavy atom. The molecule has 7 nitrogen and oxygen atoms in total. The molecule has 0 bridgehead atoms. The highest BCUT2D eigenvalue weighted by molar-refractivity contribution is 7.99. The number of carbonyl (C=O) groups is 1.